The highest BCUT2D eigenvalue weighted by Gasteiger charge is 2.08. The second-order valence-corrected chi connectivity index (χ2v) is 5.91. The zero-order valence-electron chi connectivity index (χ0n) is 14.6. The summed E-state index contributed by atoms with van der Waals surface area (Å²) in [7, 11) is 1.36. The number of fused-ring (bicyclic) bond motifs is 1. The Morgan fingerprint density at radius 3 is 2.56 bits per heavy atom. The van der Waals surface area contributed by atoms with E-state index in [1.165, 1.54) is 7.11 Å². The van der Waals surface area contributed by atoms with Gasteiger partial charge in [-0.2, -0.15) is 0 Å². The molecule has 0 saturated heterocycles. The number of rotatable bonds is 4. The van der Waals surface area contributed by atoms with Crippen molar-refractivity contribution in [3.8, 4) is 11.5 Å². The predicted octanol–water partition coefficient (Wildman–Crippen LogP) is 5.03. The van der Waals surface area contributed by atoms with Crippen LogP contribution in [0.3, 0.4) is 0 Å². The van der Waals surface area contributed by atoms with E-state index in [-0.39, 0.29) is 5.97 Å². The van der Waals surface area contributed by atoms with Gasteiger partial charge in [0.1, 0.15) is 5.52 Å². The van der Waals surface area contributed by atoms with Gasteiger partial charge in [0.2, 0.25) is 5.89 Å². The van der Waals surface area contributed by atoms with Crippen molar-refractivity contribution in [2.75, 3.05) is 7.11 Å². The molecule has 3 aromatic carbocycles. The van der Waals surface area contributed by atoms with Crippen LogP contribution < -0.4 is 0 Å². The topological polar surface area (TPSA) is 64.7 Å². The number of hydrogen-bond donors (Lipinski definition) is 0. The van der Waals surface area contributed by atoms with Crippen LogP contribution in [0.25, 0.3) is 22.6 Å². The van der Waals surface area contributed by atoms with E-state index in [4.69, 9.17) is 9.15 Å². The van der Waals surface area contributed by atoms with E-state index in [1.807, 2.05) is 60.7 Å². The van der Waals surface area contributed by atoms with Crippen molar-refractivity contribution in [1.82, 2.24) is 4.98 Å². The van der Waals surface area contributed by atoms with Crippen LogP contribution in [0.4, 0.5) is 5.69 Å². The molecule has 1 aromatic heterocycles. The smallest absolute Gasteiger partial charge is 0.337 e. The van der Waals surface area contributed by atoms with Crippen LogP contribution in [-0.2, 0) is 4.74 Å². The van der Waals surface area contributed by atoms with Gasteiger partial charge < -0.3 is 9.15 Å². The summed E-state index contributed by atoms with van der Waals surface area (Å²) >= 11 is 0. The fourth-order valence-corrected chi connectivity index (χ4v) is 2.67. The van der Waals surface area contributed by atoms with Crippen molar-refractivity contribution in [3.63, 3.8) is 0 Å². The van der Waals surface area contributed by atoms with Gasteiger partial charge in [-0.3, -0.25) is 4.99 Å². The number of esters is 1. The molecule has 0 radical (unpaired) electrons. The number of ether oxygens (including phenoxy) is 1. The minimum atomic E-state index is -0.357. The Morgan fingerprint density at radius 2 is 1.81 bits per heavy atom. The fraction of sp³-hybridized carbons (Fsp3) is 0.0455. The molecule has 27 heavy (non-hydrogen) atoms. The maximum absolute atomic E-state index is 11.5. The summed E-state index contributed by atoms with van der Waals surface area (Å²) < 4.78 is 10.5. The number of benzene rings is 3. The van der Waals surface area contributed by atoms with Crippen molar-refractivity contribution in [2.24, 2.45) is 4.99 Å². The van der Waals surface area contributed by atoms with Gasteiger partial charge in [0.15, 0.2) is 5.58 Å². The van der Waals surface area contributed by atoms with Crippen LogP contribution >= 0.6 is 0 Å². The molecule has 0 spiro atoms. The highest BCUT2D eigenvalue weighted by atomic mass is 16.5. The summed E-state index contributed by atoms with van der Waals surface area (Å²) in [6.07, 6.45) is 1.74. The molecule has 4 aromatic rings. The molecule has 0 fully saturated rings. The molecule has 4 rings (SSSR count). The second-order valence-electron chi connectivity index (χ2n) is 5.91. The highest BCUT2D eigenvalue weighted by molar-refractivity contribution is 5.91. The van der Waals surface area contributed by atoms with E-state index in [0.29, 0.717) is 11.5 Å². The number of carbonyl (C=O) groups is 1. The van der Waals surface area contributed by atoms with E-state index >= 15 is 0 Å². The quantitative estimate of drug-likeness (QED) is 0.380. The molecular formula is C22H16N2O3. The maximum Gasteiger partial charge on any atom is 0.337 e. The molecular weight excluding hydrogens is 340 g/mol. The van der Waals surface area contributed by atoms with Crippen LogP contribution in [-0.4, -0.2) is 24.3 Å². The molecule has 0 atom stereocenters. The molecule has 1 heterocycles. The molecule has 0 N–H and O–H groups in total. The largest absolute Gasteiger partial charge is 0.465 e. The first-order chi connectivity index (χ1) is 13.2. The number of hydrogen-bond acceptors (Lipinski definition) is 5. The fourth-order valence-electron chi connectivity index (χ4n) is 2.67. The van der Waals surface area contributed by atoms with Crippen LogP contribution in [0.5, 0.6) is 0 Å². The molecule has 5 heteroatoms. The number of oxazole rings is 1. The first kappa shape index (κ1) is 16.7. The Bertz CT molecular complexity index is 1110. The minimum absolute atomic E-state index is 0.357. The monoisotopic (exact) mass is 356 g/mol. The normalized spacial score (nSPS) is 11.1. The highest BCUT2D eigenvalue weighted by Crippen LogP contribution is 2.27. The lowest BCUT2D eigenvalue weighted by Gasteiger charge is -1.99. The summed E-state index contributed by atoms with van der Waals surface area (Å²) in [5.74, 6) is 0.231. The molecule has 0 bridgehead atoms. The Kier molecular flexibility index (Phi) is 4.49. The average Bonchev–Trinajstić information content (AvgIpc) is 3.16. The van der Waals surface area contributed by atoms with Crippen molar-refractivity contribution >= 4 is 29.0 Å². The molecule has 0 aliphatic heterocycles. The zero-order chi connectivity index (χ0) is 18.6. The number of aromatic nitrogens is 1. The summed E-state index contributed by atoms with van der Waals surface area (Å²) in [5.41, 5.74) is 4.57. The number of aliphatic imine (C=N–C) groups is 1. The standard InChI is InChI=1S/C22H16N2O3/c1-26-22(25)17-9-7-15(8-10-17)14-23-18-11-12-20-19(13-18)24-21(27-20)16-5-3-2-4-6-16/h2-14H,1H3. The van der Waals surface area contributed by atoms with E-state index in [2.05, 4.69) is 9.98 Å². The molecule has 0 saturated carbocycles. The molecule has 0 aliphatic rings. The van der Waals surface area contributed by atoms with Crippen molar-refractivity contribution in [3.05, 3.63) is 83.9 Å². The third kappa shape index (κ3) is 3.62. The van der Waals surface area contributed by atoms with Crippen LogP contribution in [0.1, 0.15) is 15.9 Å². The van der Waals surface area contributed by atoms with Crippen LogP contribution in [0.15, 0.2) is 82.2 Å². The first-order valence-electron chi connectivity index (χ1n) is 8.41. The summed E-state index contributed by atoms with van der Waals surface area (Å²) in [4.78, 5) is 20.5. The Labute approximate surface area is 156 Å². The second kappa shape index (κ2) is 7.25. The Morgan fingerprint density at radius 1 is 1.04 bits per heavy atom. The molecule has 132 valence electrons. The van der Waals surface area contributed by atoms with Gasteiger partial charge in [-0.25, -0.2) is 9.78 Å². The van der Waals surface area contributed by atoms with E-state index in [9.17, 15) is 4.79 Å². The lowest BCUT2D eigenvalue weighted by Crippen LogP contribution is -2.00. The number of carbonyl (C=O) groups excluding carboxylic acids is 1. The van der Waals surface area contributed by atoms with E-state index in [1.54, 1.807) is 18.3 Å². The van der Waals surface area contributed by atoms with Crippen LogP contribution in [0, 0.1) is 0 Å². The predicted molar refractivity (Wildman–Crippen MR) is 104 cm³/mol. The van der Waals surface area contributed by atoms with E-state index in [0.717, 1.165) is 27.9 Å². The lowest BCUT2D eigenvalue weighted by atomic mass is 10.1. The van der Waals surface area contributed by atoms with Gasteiger partial charge in [-0.15, -0.1) is 0 Å². The molecule has 0 aliphatic carbocycles. The summed E-state index contributed by atoms with van der Waals surface area (Å²) in [6.45, 7) is 0. The Hall–Kier alpha value is -3.73. The summed E-state index contributed by atoms with van der Waals surface area (Å²) in [6, 6.07) is 22.4. The third-order valence-electron chi connectivity index (χ3n) is 4.09. The first-order valence-corrected chi connectivity index (χ1v) is 8.41. The average molecular weight is 356 g/mol. The van der Waals surface area contributed by atoms with Crippen molar-refractivity contribution in [2.45, 2.75) is 0 Å². The molecule has 5 nitrogen and oxygen atoms in total. The van der Waals surface area contributed by atoms with Crippen molar-refractivity contribution in [1.29, 1.82) is 0 Å². The van der Waals surface area contributed by atoms with Gasteiger partial charge >= 0.3 is 5.97 Å². The number of nitrogens with zero attached hydrogens (tertiary/aromatic N) is 2. The van der Waals surface area contributed by atoms with Gasteiger partial charge in [0.05, 0.1) is 18.4 Å². The maximum atomic E-state index is 11.5. The van der Waals surface area contributed by atoms with Crippen LogP contribution in [0.2, 0.25) is 0 Å². The zero-order valence-corrected chi connectivity index (χ0v) is 14.6. The lowest BCUT2D eigenvalue weighted by molar-refractivity contribution is 0.0600. The summed E-state index contributed by atoms with van der Waals surface area (Å²) in [5, 5.41) is 0. The third-order valence-corrected chi connectivity index (χ3v) is 4.09. The van der Waals surface area contributed by atoms with Gasteiger partial charge in [0.25, 0.3) is 0 Å². The molecule has 0 amide bonds. The van der Waals surface area contributed by atoms with Gasteiger partial charge in [-0.05, 0) is 48.0 Å². The number of methoxy groups -OCH3 is 1. The van der Waals surface area contributed by atoms with Gasteiger partial charge in [-0.1, -0.05) is 30.3 Å². The van der Waals surface area contributed by atoms with E-state index < -0.39 is 0 Å². The molecule has 0 unspecified atom stereocenters. The van der Waals surface area contributed by atoms with Crippen molar-refractivity contribution < 1.29 is 13.9 Å². The Balaban J connectivity index is 1.57. The van der Waals surface area contributed by atoms with Gasteiger partial charge in [0, 0.05) is 11.8 Å². The minimum Gasteiger partial charge on any atom is -0.465 e. The SMILES string of the molecule is COC(=O)c1ccc(C=Nc2ccc3oc(-c4ccccc4)nc3c2)cc1.